The Hall–Kier alpha value is -2.02. The Labute approximate surface area is 117 Å². The third-order valence-corrected chi connectivity index (χ3v) is 2.98. The minimum Gasteiger partial charge on any atom is -0.451 e. The molecule has 20 heavy (non-hydrogen) atoms. The monoisotopic (exact) mass is 281 g/mol. The van der Waals surface area contributed by atoms with Crippen molar-refractivity contribution in [2.75, 3.05) is 32.6 Å². The zero-order chi connectivity index (χ0) is 14.5. The molecule has 1 aromatic rings. The minimum atomic E-state index is -0.532. The summed E-state index contributed by atoms with van der Waals surface area (Å²) in [6.45, 7) is 0.497. The summed E-state index contributed by atoms with van der Waals surface area (Å²) in [5.74, 6) is -0.886. The molecule has 1 aliphatic carbocycles. The van der Waals surface area contributed by atoms with Crippen LogP contribution in [0.4, 0.5) is 5.69 Å². The van der Waals surface area contributed by atoms with Crippen LogP contribution >= 0.6 is 0 Å². The Morgan fingerprint density at radius 3 is 2.90 bits per heavy atom. The van der Waals surface area contributed by atoms with Gasteiger partial charge in [0.25, 0.3) is 5.91 Å². The molecular weight excluding hydrogens is 262 g/mol. The Morgan fingerprint density at radius 2 is 2.25 bits per heavy atom. The number of rotatable bonds is 7. The number of nitrogens with two attached hydrogens (primary N) is 1. The first kappa shape index (κ1) is 14.4. The van der Waals surface area contributed by atoms with Gasteiger partial charge in [0.05, 0.1) is 12.3 Å². The summed E-state index contributed by atoms with van der Waals surface area (Å²) in [5, 5.41) is 2.57. The molecule has 2 rings (SSSR count). The molecule has 1 heterocycles. The van der Waals surface area contributed by atoms with Crippen molar-refractivity contribution in [1.29, 1.82) is 0 Å². The Morgan fingerprint density at radius 1 is 1.50 bits per heavy atom. The fraction of sp³-hybridized carbons (Fsp3) is 0.538. The van der Waals surface area contributed by atoms with Gasteiger partial charge in [-0.25, -0.2) is 4.79 Å². The van der Waals surface area contributed by atoms with Gasteiger partial charge in [-0.15, -0.1) is 0 Å². The Bertz CT molecular complexity index is 494. The molecule has 0 aromatic carbocycles. The molecule has 1 aliphatic rings. The molecular formula is C13H19N3O4. The number of carbonyl (C=O) groups excluding carboxylic acids is 2. The van der Waals surface area contributed by atoms with Crippen LogP contribution in [0.1, 0.15) is 29.4 Å². The smallest absolute Gasteiger partial charge is 0.355 e. The van der Waals surface area contributed by atoms with Crippen molar-refractivity contribution in [3.8, 4) is 0 Å². The Kier molecular flexibility index (Phi) is 4.62. The highest BCUT2D eigenvalue weighted by atomic mass is 16.5. The van der Waals surface area contributed by atoms with Crippen LogP contribution in [0.3, 0.4) is 0 Å². The summed E-state index contributed by atoms with van der Waals surface area (Å²) >= 11 is 0. The summed E-state index contributed by atoms with van der Waals surface area (Å²) in [6, 6.07) is 1.90. The lowest BCUT2D eigenvalue weighted by atomic mass is 10.4. The SMILES string of the molecule is COCCNC(=O)COC(=O)c1cc(N)cn1C1CC1. The maximum atomic E-state index is 11.9. The predicted molar refractivity (Wildman–Crippen MR) is 72.3 cm³/mol. The normalized spacial score (nSPS) is 14.1. The quantitative estimate of drug-likeness (QED) is 0.554. The van der Waals surface area contributed by atoms with E-state index in [1.165, 1.54) is 0 Å². The second kappa shape index (κ2) is 6.42. The highest BCUT2D eigenvalue weighted by molar-refractivity contribution is 5.91. The molecule has 0 spiro atoms. The molecule has 0 unspecified atom stereocenters. The number of hydrogen-bond acceptors (Lipinski definition) is 5. The van der Waals surface area contributed by atoms with Crippen molar-refractivity contribution >= 4 is 17.6 Å². The van der Waals surface area contributed by atoms with E-state index in [9.17, 15) is 9.59 Å². The summed E-state index contributed by atoms with van der Waals surface area (Å²) in [4.78, 5) is 23.4. The molecule has 1 saturated carbocycles. The van der Waals surface area contributed by atoms with E-state index in [0.29, 0.717) is 30.6 Å². The van der Waals surface area contributed by atoms with Crippen LogP contribution in [0.5, 0.6) is 0 Å². The second-order valence-electron chi connectivity index (χ2n) is 4.72. The number of nitrogens with zero attached hydrogens (tertiary/aromatic N) is 1. The first-order valence-corrected chi connectivity index (χ1v) is 6.52. The standard InChI is InChI=1S/C13H19N3O4/c1-19-5-4-15-12(17)8-20-13(18)11-6-9(14)7-16(11)10-2-3-10/h6-7,10H,2-5,8,14H2,1H3,(H,15,17). The fourth-order valence-corrected chi connectivity index (χ4v) is 1.87. The molecule has 110 valence electrons. The average Bonchev–Trinajstić information content (AvgIpc) is 3.19. The third-order valence-electron chi connectivity index (χ3n) is 2.98. The van der Waals surface area contributed by atoms with Gasteiger partial charge in [-0.1, -0.05) is 0 Å². The predicted octanol–water partition coefficient (Wildman–Crippen LogP) is 0.325. The van der Waals surface area contributed by atoms with E-state index in [2.05, 4.69) is 5.32 Å². The van der Waals surface area contributed by atoms with Gasteiger partial charge in [0.2, 0.25) is 0 Å². The van der Waals surface area contributed by atoms with Crippen molar-refractivity contribution in [3.63, 3.8) is 0 Å². The van der Waals surface area contributed by atoms with Crippen molar-refractivity contribution < 1.29 is 19.1 Å². The van der Waals surface area contributed by atoms with Crippen LogP contribution in [-0.2, 0) is 14.3 Å². The van der Waals surface area contributed by atoms with Crippen LogP contribution in [0, 0.1) is 0 Å². The number of anilines is 1. The number of carbonyl (C=O) groups is 2. The first-order chi connectivity index (χ1) is 9.61. The van der Waals surface area contributed by atoms with E-state index in [1.54, 1.807) is 19.4 Å². The largest absolute Gasteiger partial charge is 0.451 e. The summed E-state index contributed by atoms with van der Waals surface area (Å²) in [7, 11) is 1.54. The summed E-state index contributed by atoms with van der Waals surface area (Å²) in [6.07, 6.45) is 3.80. The van der Waals surface area contributed by atoms with Crippen molar-refractivity contribution in [2.45, 2.75) is 18.9 Å². The van der Waals surface area contributed by atoms with E-state index in [-0.39, 0.29) is 12.5 Å². The molecule has 0 bridgehead atoms. The molecule has 7 heteroatoms. The lowest BCUT2D eigenvalue weighted by Gasteiger charge is -2.08. The van der Waals surface area contributed by atoms with Gasteiger partial charge in [0.1, 0.15) is 5.69 Å². The molecule has 7 nitrogen and oxygen atoms in total. The third kappa shape index (κ3) is 3.74. The molecule has 1 fully saturated rings. The molecule has 1 amide bonds. The molecule has 3 N–H and O–H groups in total. The summed E-state index contributed by atoms with van der Waals surface area (Å²) < 4.78 is 11.6. The van der Waals surface area contributed by atoms with E-state index in [1.807, 2.05) is 4.57 Å². The molecule has 0 radical (unpaired) electrons. The number of nitrogen functional groups attached to an aromatic ring is 1. The van der Waals surface area contributed by atoms with E-state index in [4.69, 9.17) is 15.2 Å². The number of methoxy groups -OCH3 is 1. The van der Waals surface area contributed by atoms with Crippen molar-refractivity contribution in [2.24, 2.45) is 0 Å². The van der Waals surface area contributed by atoms with Crippen molar-refractivity contribution in [3.05, 3.63) is 18.0 Å². The number of aromatic nitrogens is 1. The molecule has 0 aliphatic heterocycles. The van der Waals surface area contributed by atoms with Crippen molar-refractivity contribution in [1.82, 2.24) is 9.88 Å². The maximum Gasteiger partial charge on any atom is 0.355 e. The van der Waals surface area contributed by atoms with E-state index in [0.717, 1.165) is 12.8 Å². The van der Waals surface area contributed by atoms with Gasteiger partial charge in [-0.3, -0.25) is 4.79 Å². The van der Waals surface area contributed by atoms with Gasteiger partial charge in [0.15, 0.2) is 6.61 Å². The van der Waals surface area contributed by atoms with Gasteiger partial charge < -0.3 is 25.1 Å². The van der Waals surface area contributed by atoms with Gasteiger partial charge in [0, 0.05) is 25.9 Å². The number of hydrogen-bond donors (Lipinski definition) is 2. The van der Waals surface area contributed by atoms with Gasteiger partial charge >= 0.3 is 5.97 Å². The number of amides is 1. The van der Waals surface area contributed by atoms with Crippen LogP contribution < -0.4 is 11.1 Å². The lowest BCUT2D eigenvalue weighted by Crippen LogP contribution is -2.31. The zero-order valence-electron chi connectivity index (χ0n) is 11.4. The average molecular weight is 281 g/mol. The second-order valence-corrected chi connectivity index (χ2v) is 4.72. The highest BCUT2D eigenvalue weighted by Gasteiger charge is 2.28. The van der Waals surface area contributed by atoms with Gasteiger partial charge in [-0.05, 0) is 18.9 Å². The highest BCUT2D eigenvalue weighted by Crippen LogP contribution is 2.37. The number of nitrogens with one attached hydrogen (secondary N) is 1. The van der Waals surface area contributed by atoms with Crippen LogP contribution in [0.2, 0.25) is 0 Å². The topological polar surface area (TPSA) is 95.6 Å². The minimum absolute atomic E-state index is 0.307. The summed E-state index contributed by atoms with van der Waals surface area (Å²) in [5.41, 5.74) is 6.62. The lowest BCUT2D eigenvalue weighted by molar-refractivity contribution is -0.124. The van der Waals surface area contributed by atoms with E-state index >= 15 is 0 Å². The van der Waals surface area contributed by atoms with Crippen LogP contribution in [0.15, 0.2) is 12.3 Å². The maximum absolute atomic E-state index is 11.9. The van der Waals surface area contributed by atoms with E-state index < -0.39 is 5.97 Å². The first-order valence-electron chi connectivity index (χ1n) is 6.52. The van der Waals surface area contributed by atoms with Gasteiger partial charge in [-0.2, -0.15) is 0 Å². The van der Waals surface area contributed by atoms with Crippen LogP contribution in [0.25, 0.3) is 0 Å². The fourth-order valence-electron chi connectivity index (χ4n) is 1.87. The zero-order valence-corrected chi connectivity index (χ0v) is 11.4. The number of ether oxygens (including phenoxy) is 2. The molecule has 0 atom stereocenters. The number of esters is 1. The van der Waals surface area contributed by atoms with Crippen LogP contribution in [-0.4, -0.2) is 43.3 Å². The molecule has 1 aromatic heterocycles. The molecule has 0 saturated heterocycles. The Balaban J connectivity index is 1.84.